The lowest BCUT2D eigenvalue weighted by atomic mass is 10.0. The maximum atomic E-state index is 5.86. The molecule has 0 aliphatic rings. The zero-order valence-corrected chi connectivity index (χ0v) is 11.3. The summed E-state index contributed by atoms with van der Waals surface area (Å²) in [4.78, 5) is 4.54. The van der Waals surface area contributed by atoms with Crippen molar-refractivity contribution in [3.8, 4) is 0 Å². The summed E-state index contributed by atoms with van der Waals surface area (Å²) in [6.45, 7) is 4.39. The molecule has 84 valence electrons. The zero-order chi connectivity index (χ0) is 11.4. The average molecular weight is 292 g/mol. The van der Waals surface area contributed by atoms with Gasteiger partial charge in [-0.3, -0.25) is 0 Å². The molecule has 1 unspecified atom stereocenters. The molecule has 0 aliphatic heterocycles. The van der Waals surface area contributed by atoms with Crippen molar-refractivity contribution in [3.63, 3.8) is 0 Å². The molecule has 1 heterocycles. The second kappa shape index (κ2) is 5.71. The minimum atomic E-state index is 0.510. The molecule has 0 fully saturated rings. The molecule has 2 N–H and O–H groups in total. The van der Waals surface area contributed by atoms with Gasteiger partial charge in [-0.15, -0.1) is 0 Å². The van der Waals surface area contributed by atoms with E-state index in [9.17, 15) is 0 Å². The van der Waals surface area contributed by atoms with Gasteiger partial charge in [0.1, 0.15) is 5.82 Å². The monoisotopic (exact) mass is 290 g/mol. The first-order chi connectivity index (χ1) is 7.00. The predicted octanol–water partition coefficient (Wildman–Crippen LogP) is 3.67. The van der Waals surface area contributed by atoms with E-state index in [0.717, 1.165) is 18.4 Å². The lowest BCUT2D eigenvalue weighted by Crippen LogP contribution is -2.09. The van der Waals surface area contributed by atoms with Crippen LogP contribution in [0, 0.1) is 5.92 Å². The Hall–Kier alpha value is -0.280. The third-order valence-electron chi connectivity index (χ3n) is 2.38. The normalized spacial score (nSPS) is 13.1. The summed E-state index contributed by atoms with van der Waals surface area (Å²) in [7, 11) is 0. The lowest BCUT2D eigenvalue weighted by Gasteiger charge is -2.13. The van der Waals surface area contributed by atoms with Crippen LogP contribution < -0.4 is 5.73 Å². The van der Waals surface area contributed by atoms with Crippen molar-refractivity contribution in [3.05, 3.63) is 22.8 Å². The number of nitrogens with zero attached hydrogens (tertiary/aromatic N) is 1. The first-order valence-corrected chi connectivity index (χ1v) is 6.34. The summed E-state index contributed by atoms with van der Waals surface area (Å²) in [5, 5.41) is 0.648. The number of hydrogen-bond acceptors (Lipinski definition) is 2. The lowest BCUT2D eigenvalue weighted by molar-refractivity contribution is 0.582. The number of nitrogen functional groups attached to an aromatic ring is 1. The fourth-order valence-electron chi connectivity index (χ4n) is 1.32. The van der Waals surface area contributed by atoms with E-state index in [1.165, 1.54) is 0 Å². The average Bonchev–Trinajstić information content (AvgIpc) is 2.18. The Morgan fingerprint density at radius 3 is 2.80 bits per heavy atom. The molecule has 0 aromatic carbocycles. The summed E-state index contributed by atoms with van der Waals surface area (Å²) in [5.74, 6) is 1.21. The van der Waals surface area contributed by atoms with Crippen LogP contribution in [0.2, 0.25) is 5.02 Å². The molecule has 1 atom stereocenters. The molecule has 0 saturated carbocycles. The molecular formula is C11H16BrClN2. The van der Waals surface area contributed by atoms with Gasteiger partial charge >= 0.3 is 0 Å². The van der Waals surface area contributed by atoms with Gasteiger partial charge in [0.15, 0.2) is 0 Å². The summed E-state index contributed by atoms with van der Waals surface area (Å²) in [6, 6.07) is 1.89. The van der Waals surface area contributed by atoms with Gasteiger partial charge in [-0.25, -0.2) is 4.98 Å². The van der Waals surface area contributed by atoms with Crippen LogP contribution >= 0.6 is 27.5 Å². The largest absolute Gasteiger partial charge is 0.383 e. The van der Waals surface area contributed by atoms with E-state index >= 15 is 0 Å². The van der Waals surface area contributed by atoms with Crippen LogP contribution in [0.15, 0.2) is 12.3 Å². The molecule has 2 nitrogen and oxygen atoms in total. The van der Waals surface area contributed by atoms with Crippen molar-refractivity contribution in [1.29, 1.82) is 0 Å². The van der Waals surface area contributed by atoms with Gasteiger partial charge in [-0.05, 0) is 30.4 Å². The van der Waals surface area contributed by atoms with E-state index in [1.54, 1.807) is 6.20 Å². The third kappa shape index (κ3) is 3.99. The van der Waals surface area contributed by atoms with Gasteiger partial charge in [0.25, 0.3) is 0 Å². The standard InChI is InChI=1S/C11H16BrClN2/c1-7(2)10(12)4-3-8-5-9(13)6-15-11(8)14/h5-7,10H,3-4H2,1-2H3,(H2,14,15). The molecular weight excluding hydrogens is 275 g/mol. The maximum Gasteiger partial charge on any atom is 0.126 e. The summed E-state index contributed by atoms with van der Waals surface area (Å²) < 4.78 is 0. The number of nitrogens with two attached hydrogens (primary N) is 1. The second-order valence-corrected chi connectivity index (χ2v) is 5.61. The molecule has 1 rings (SSSR count). The van der Waals surface area contributed by atoms with Gasteiger partial charge in [-0.1, -0.05) is 41.4 Å². The maximum absolute atomic E-state index is 5.86. The highest BCUT2D eigenvalue weighted by molar-refractivity contribution is 9.09. The third-order valence-corrected chi connectivity index (χ3v) is 4.10. The van der Waals surface area contributed by atoms with Crippen molar-refractivity contribution >= 4 is 33.3 Å². The molecule has 0 amide bonds. The Balaban J connectivity index is 2.61. The number of halogens is 2. The number of rotatable bonds is 4. The van der Waals surface area contributed by atoms with Crippen LogP contribution in [0.1, 0.15) is 25.8 Å². The van der Waals surface area contributed by atoms with Crippen molar-refractivity contribution in [2.45, 2.75) is 31.5 Å². The van der Waals surface area contributed by atoms with Gasteiger partial charge in [0.05, 0.1) is 5.02 Å². The molecule has 0 radical (unpaired) electrons. The highest BCUT2D eigenvalue weighted by Crippen LogP contribution is 2.22. The van der Waals surface area contributed by atoms with Crippen molar-refractivity contribution in [1.82, 2.24) is 4.98 Å². The molecule has 1 aromatic rings. The summed E-state index contributed by atoms with van der Waals surface area (Å²) >= 11 is 9.51. The Morgan fingerprint density at radius 2 is 2.20 bits per heavy atom. The van der Waals surface area contributed by atoms with Crippen LogP contribution in [-0.4, -0.2) is 9.81 Å². The Labute approximate surface area is 104 Å². The van der Waals surface area contributed by atoms with Crippen LogP contribution in [0.4, 0.5) is 5.82 Å². The summed E-state index contributed by atoms with van der Waals surface area (Å²) in [5.41, 5.74) is 6.80. The Bertz CT molecular complexity index is 328. The molecule has 0 saturated heterocycles. The van der Waals surface area contributed by atoms with Crippen LogP contribution in [0.3, 0.4) is 0 Å². The van der Waals surface area contributed by atoms with E-state index in [1.807, 2.05) is 6.07 Å². The Morgan fingerprint density at radius 1 is 1.53 bits per heavy atom. The minimum absolute atomic E-state index is 0.510. The Kier molecular flexibility index (Phi) is 4.87. The molecule has 0 aliphatic carbocycles. The van der Waals surface area contributed by atoms with E-state index < -0.39 is 0 Å². The smallest absolute Gasteiger partial charge is 0.126 e. The molecule has 4 heteroatoms. The number of alkyl halides is 1. The predicted molar refractivity (Wildman–Crippen MR) is 69.5 cm³/mol. The minimum Gasteiger partial charge on any atom is -0.383 e. The van der Waals surface area contributed by atoms with E-state index in [0.29, 0.717) is 21.6 Å². The number of pyridine rings is 1. The van der Waals surface area contributed by atoms with Crippen LogP contribution in [0.25, 0.3) is 0 Å². The second-order valence-electron chi connectivity index (χ2n) is 4.00. The van der Waals surface area contributed by atoms with Crippen molar-refractivity contribution < 1.29 is 0 Å². The fourth-order valence-corrected chi connectivity index (χ4v) is 1.73. The van der Waals surface area contributed by atoms with Crippen molar-refractivity contribution in [2.75, 3.05) is 5.73 Å². The van der Waals surface area contributed by atoms with Crippen LogP contribution in [-0.2, 0) is 6.42 Å². The number of aromatic nitrogens is 1. The highest BCUT2D eigenvalue weighted by atomic mass is 79.9. The molecule has 0 spiro atoms. The van der Waals surface area contributed by atoms with E-state index in [4.69, 9.17) is 17.3 Å². The number of hydrogen-bond donors (Lipinski definition) is 1. The first kappa shape index (κ1) is 12.8. The number of anilines is 1. The quantitative estimate of drug-likeness (QED) is 0.860. The van der Waals surface area contributed by atoms with Gasteiger partial charge < -0.3 is 5.73 Å². The van der Waals surface area contributed by atoms with E-state index in [2.05, 4.69) is 34.8 Å². The molecule has 0 bridgehead atoms. The molecule has 15 heavy (non-hydrogen) atoms. The SMILES string of the molecule is CC(C)C(Br)CCc1cc(Cl)cnc1N. The summed E-state index contributed by atoms with van der Waals surface area (Å²) in [6.07, 6.45) is 3.53. The topological polar surface area (TPSA) is 38.9 Å². The van der Waals surface area contributed by atoms with Crippen LogP contribution in [0.5, 0.6) is 0 Å². The first-order valence-electron chi connectivity index (χ1n) is 5.04. The van der Waals surface area contributed by atoms with Gasteiger partial charge in [0, 0.05) is 11.0 Å². The zero-order valence-electron chi connectivity index (χ0n) is 9.00. The highest BCUT2D eigenvalue weighted by Gasteiger charge is 2.10. The van der Waals surface area contributed by atoms with Gasteiger partial charge in [-0.2, -0.15) is 0 Å². The fraction of sp³-hybridized carbons (Fsp3) is 0.545. The number of aryl methyl sites for hydroxylation is 1. The molecule has 1 aromatic heterocycles. The van der Waals surface area contributed by atoms with Gasteiger partial charge in [0.2, 0.25) is 0 Å². The van der Waals surface area contributed by atoms with Crippen molar-refractivity contribution in [2.24, 2.45) is 5.92 Å². The van der Waals surface area contributed by atoms with E-state index in [-0.39, 0.29) is 0 Å².